The van der Waals surface area contributed by atoms with E-state index in [1.165, 1.54) is 35.5 Å². The molecular weight excluding hydrogens is 367 g/mol. The third-order valence-corrected chi connectivity index (χ3v) is 4.94. The minimum Gasteiger partial charge on any atom is -0.322 e. The number of carbonyl (C=O) groups excluding carboxylic acids is 1. The third kappa shape index (κ3) is 5.09. The summed E-state index contributed by atoms with van der Waals surface area (Å²) in [7, 11) is 0. The fraction of sp³-hybridized carbons (Fsp3) is 0.304. The van der Waals surface area contributed by atoms with Crippen molar-refractivity contribution in [2.24, 2.45) is 0 Å². The predicted molar refractivity (Wildman–Crippen MR) is 113 cm³/mol. The van der Waals surface area contributed by atoms with Crippen LogP contribution in [0.5, 0.6) is 0 Å². The van der Waals surface area contributed by atoms with Gasteiger partial charge in [0.05, 0.1) is 6.20 Å². The Kier molecular flexibility index (Phi) is 6.44. The van der Waals surface area contributed by atoms with Gasteiger partial charge in [-0.3, -0.25) is 9.48 Å². The highest BCUT2D eigenvalue weighted by molar-refractivity contribution is 6.04. The lowest BCUT2D eigenvalue weighted by atomic mass is 10.1. The number of aromatic nitrogens is 2. The van der Waals surface area contributed by atoms with Gasteiger partial charge in [0.1, 0.15) is 5.82 Å². The van der Waals surface area contributed by atoms with Crippen molar-refractivity contribution in [3.63, 3.8) is 0 Å². The van der Waals surface area contributed by atoms with E-state index in [-0.39, 0.29) is 17.8 Å². The van der Waals surface area contributed by atoms with Crippen LogP contribution in [0.2, 0.25) is 0 Å². The van der Waals surface area contributed by atoms with Crippen LogP contribution in [0, 0.1) is 12.7 Å². The Morgan fingerprint density at radius 1 is 1.14 bits per heavy atom. The van der Waals surface area contributed by atoms with E-state index in [0.29, 0.717) is 23.8 Å². The molecule has 1 amide bonds. The molecule has 5 nitrogen and oxygen atoms in total. The Morgan fingerprint density at radius 3 is 2.52 bits per heavy atom. The first-order chi connectivity index (χ1) is 13.8. The molecule has 1 atom stereocenters. The molecule has 0 aliphatic heterocycles. The number of anilines is 1. The monoisotopic (exact) mass is 394 g/mol. The lowest BCUT2D eigenvalue weighted by Crippen LogP contribution is -2.19. The molecular formula is C23H27FN4O. The largest absolute Gasteiger partial charge is 0.322 e. The van der Waals surface area contributed by atoms with E-state index in [2.05, 4.69) is 43.4 Å². The smallest absolute Gasteiger partial charge is 0.255 e. The summed E-state index contributed by atoms with van der Waals surface area (Å²) in [5.74, 6) is -0.627. The van der Waals surface area contributed by atoms with Gasteiger partial charge in [-0.2, -0.15) is 5.10 Å². The molecule has 2 N–H and O–H groups in total. The highest BCUT2D eigenvalue weighted by atomic mass is 19.1. The summed E-state index contributed by atoms with van der Waals surface area (Å²) < 4.78 is 15.1. The predicted octanol–water partition coefficient (Wildman–Crippen LogP) is 5.01. The summed E-state index contributed by atoms with van der Waals surface area (Å²) in [6.07, 6.45) is 1.92. The number of nitrogens with one attached hydrogen (secondary N) is 2. The second kappa shape index (κ2) is 9.01. The van der Waals surface area contributed by atoms with Gasteiger partial charge in [-0.15, -0.1) is 0 Å². The lowest BCUT2D eigenvalue weighted by molar-refractivity contribution is 0.102. The van der Waals surface area contributed by atoms with Crippen molar-refractivity contribution in [2.45, 2.75) is 46.3 Å². The summed E-state index contributed by atoms with van der Waals surface area (Å²) in [6.45, 7) is 9.11. The summed E-state index contributed by atoms with van der Waals surface area (Å²) in [4.78, 5) is 12.3. The number of hydrogen-bond acceptors (Lipinski definition) is 3. The van der Waals surface area contributed by atoms with E-state index in [4.69, 9.17) is 0 Å². The maximum absolute atomic E-state index is 13.0. The Hall–Kier alpha value is -2.99. The summed E-state index contributed by atoms with van der Waals surface area (Å²) in [5, 5.41) is 10.9. The average molecular weight is 394 g/mol. The average Bonchev–Trinajstić information content (AvgIpc) is 3.08. The van der Waals surface area contributed by atoms with E-state index in [1.807, 2.05) is 35.1 Å². The molecule has 0 unspecified atom stereocenters. The number of carbonyl (C=O) groups is 1. The Balaban J connectivity index is 1.62. The third-order valence-electron chi connectivity index (χ3n) is 4.94. The van der Waals surface area contributed by atoms with Crippen LogP contribution in [0.15, 0.2) is 54.7 Å². The van der Waals surface area contributed by atoms with Gasteiger partial charge in [-0.05, 0) is 69.7 Å². The van der Waals surface area contributed by atoms with E-state index >= 15 is 0 Å². The van der Waals surface area contributed by atoms with Crippen LogP contribution in [0.3, 0.4) is 0 Å². The van der Waals surface area contributed by atoms with Crippen LogP contribution in [0.1, 0.15) is 60.0 Å². The van der Waals surface area contributed by atoms with Gasteiger partial charge in [0.25, 0.3) is 5.91 Å². The molecule has 3 rings (SSSR count). The van der Waals surface area contributed by atoms with E-state index in [9.17, 15) is 9.18 Å². The molecule has 0 aliphatic carbocycles. The Bertz CT molecular complexity index is 979. The van der Waals surface area contributed by atoms with Crippen LogP contribution in [-0.2, 0) is 6.54 Å². The second-order valence-corrected chi connectivity index (χ2v) is 7.49. The van der Waals surface area contributed by atoms with Crippen molar-refractivity contribution in [2.75, 3.05) is 5.32 Å². The van der Waals surface area contributed by atoms with Crippen molar-refractivity contribution >= 4 is 11.6 Å². The first kappa shape index (κ1) is 20.7. The van der Waals surface area contributed by atoms with Gasteiger partial charge in [-0.25, -0.2) is 4.39 Å². The van der Waals surface area contributed by atoms with Gasteiger partial charge in [0, 0.05) is 41.1 Å². The molecule has 2 aromatic carbocycles. The topological polar surface area (TPSA) is 58.9 Å². The highest BCUT2D eigenvalue weighted by Gasteiger charge is 2.14. The molecule has 0 radical (unpaired) electrons. The summed E-state index contributed by atoms with van der Waals surface area (Å²) in [5.41, 5.74) is 4.53. The molecule has 1 aromatic heterocycles. The van der Waals surface area contributed by atoms with Crippen molar-refractivity contribution in [1.82, 2.24) is 15.1 Å². The molecule has 0 saturated carbocycles. The number of benzene rings is 2. The molecule has 29 heavy (non-hydrogen) atoms. The molecule has 0 spiro atoms. The van der Waals surface area contributed by atoms with E-state index < -0.39 is 0 Å². The minimum atomic E-state index is -0.363. The van der Waals surface area contributed by atoms with Crippen LogP contribution < -0.4 is 10.6 Å². The molecule has 152 valence electrons. The Morgan fingerprint density at radius 2 is 1.86 bits per heavy atom. The molecule has 1 heterocycles. The maximum Gasteiger partial charge on any atom is 0.255 e. The second-order valence-electron chi connectivity index (χ2n) is 7.49. The normalized spacial score (nSPS) is 12.2. The maximum atomic E-state index is 13.0. The highest BCUT2D eigenvalue weighted by Crippen LogP contribution is 2.20. The molecule has 3 aromatic rings. The van der Waals surface area contributed by atoms with Gasteiger partial charge in [0.2, 0.25) is 0 Å². The van der Waals surface area contributed by atoms with Crippen molar-refractivity contribution in [3.05, 3.63) is 82.9 Å². The molecule has 0 fully saturated rings. The van der Waals surface area contributed by atoms with Crippen molar-refractivity contribution < 1.29 is 9.18 Å². The van der Waals surface area contributed by atoms with Crippen LogP contribution in [0.4, 0.5) is 10.1 Å². The lowest BCUT2D eigenvalue weighted by Gasteiger charge is -2.15. The minimum absolute atomic E-state index is 0.153. The number of nitrogens with zero attached hydrogens (tertiary/aromatic N) is 2. The number of halogens is 1. The molecule has 6 heteroatoms. The zero-order valence-electron chi connectivity index (χ0n) is 17.2. The van der Waals surface area contributed by atoms with Crippen LogP contribution in [-0.4, -0.2) is 15.7 Å². The first-order valence-electron chi connectivity index (χ1n) is 9.78. The molecule has 0 saturated heterocycles. The zero-order valence-corrected chi connectivity index (χ0v) is 17.2. The first-order valence-corrected chi connectivity index (χ1v) is 9.78. The fourth-order valence-corrected chi connectivity index (χ4v) is 3.33. The molecule has 0 aliphatic rings. The van der Waals surface area contributed by atoms with E-state index in [1.54, 1.807) is 0 Å². The van der Waals surface area contributed by atoms with E-state index in [0.717, 1.165) is 5.56 Å². The number of hydrogen-bond donors (Lipinski definition) is 2. The zero-order chi connectivity index (χ0) is 21.0. The number of amides is 1. The standard InChI is InChI=1S/C23H27FN4O/c1-15(2)28-17(4)22(14-26-28)16(3)25-13-18-6-5-7-21(12-18)27-23(29)19-8-10-20(24)11-9-19/h5-12,14-16,25H,13H2,1-4H3,(H,27,29)/t16-/m0/s1. The number of rotatable bonds is 7. The van der Waals surface area contributed by atoms with Crippen LogP contribution >= 0.6 is 0 Å². The van der Waals surface area contributed by atoms with Gasteiger partial charge in [-0.1, -0.05) is 12.1 Å². The summed E-state index contributed by atoms with van der Waals surface area (Å²) in [6, 6.07) is 13.7. The Labute approximate surface area is 170 Å². The van der Waals surface area contributed by atoms with Gasteiger partial charge >= 0.3 is 0 Å². The SMILES string of the molecule is Cc1c([C@H](C)NCc2cccc(NC(=O)c3ccc(F)cc3)c2)cnn1C(C)C. The van der Waals surface area contributed by atoms with Gasteiger partial charge < -0.3 is 10.6 Å². The fourth-order valence-electron chi connectivity index (χ4n) is 3.33. The quantitative estimate of drug-likeness (QED) is 0.592. The van der Waals surface area contributed by atoms with Crippen molar-refractivity contribution in [1.29, 1.82) is 0 Å². The van der Waals surface area contributed by atoms with Gasteiger partial charge in [0.15, 0.2) is 0 Å². The van der Waals surface area contributed by atoms with Crippen LogP contribution in [0.25, 0.3) is 0 Å². The van der Waals surface area contributed by atoms with Crippen molar-refractivity contribution in [3.8, 4) is 0 Å². The molecule has 0 bridgehead atoms. The summed E-state index contributed by atoms with van der Waals surface area (Å²) >= 11 is 0.